The molecular weight excluding hydrogens is 336 g/mol. The highest BCUT2D eigenvalue weighted by atomic mass is 16.1. The van der Waals surface area contributed by atoms with Crippen molar-refractivity contribution in [2.24, 2.45) is 0 Å². The number of nitrogens with one attached hydrogen (secondary N) is 1. The molecule has 0 radical (unpaired) electrons. The maximum absolute atomic E-state index is 12.7. The molecule has 0 bridgehead atoms. The van der Waals surface area contributed by atoms with Crippen molar-refractivity contribution in [2.75, 3.05) is 5.32 Å². The van der Waals surface area contributed by atoms with Gasteiger partial charge in [-0.25, -0.2) is 4.52 Å². The van der Waals surface area contributed by atoms with Crippen LogP contribution in [0.2, 0.25) is 0 Å². The molecule has 0 aliphatic heterocycles. The van der Waals surface area contributed by atoms with E-state index in [0.29, 0.717) is 5.56 Å². The van der Waals surface area contributed by atoms with E-state index in [2.05, 4.69) is 15.4 Å². The van der Waals surface area contributed by atoms with E-state index in [0.717, 1.165) is 40.1 Å². The molecule has 1 N–H and O–H groups in total. The Bertz CT molecular complexity index is 1120. The van der Waals surface area contributed by atoms with E-state index in [1.54, 1.807) is 10.7 Å². The Kier molecular flexibility index (Phi) is 4.42. The van der Waals surface area contributed by atoms with Crippen LogP contribution >= 0.6 is 0 Å². The third-order valence-electron chi connectivity index (χ3n) is 4.54. The molecule has 0 saturated carbocycles. The average molecular weight is 356 g/mol. The number of nitrogens with zero attached hydrogens (tertiary/aromatic N) is 3. The van der Waals surface area contributed by atoms with Crippen molar-refractivity contribution in [3.63, 3.8) is 0 Å². The number of fused-ring (bicyclic) bond motifs is 1. The maximum Gasteiger partial charge on any atom is 0.257 e. The molecule has 4 rings (SSSR count). The Morgan fingerprint density at radius 3 is 2.70 bits per heavy atom. The predicted octanol–water partition coefficient (Wildman–Crippen LogP) is 4.52. The van der Waals surface area contributed by atoms with Gasteiger partial charge in [0.2, 0.25) is 0 Å². The Balaban J connectivity index is 1.64. The minimum absolute atomic E-state index is 0.158. The Morgan fingerprint density at radius 1 is 1.11 bits per heavy atom. The molecule has 134 valence electrons. The van der Waals surface area contributed by atoms with Crippen molar-refractivity contribution in [3.8, 4) is 11.3 Å². The summed E-state index contributed by atoms with van der Waals surface area (Å²) < 4.78 is 1.75. The molecule has 0 saturated heterocycles. The van der Waals surface area contributed by atoms with Crippen LogP contribution in [0.25, 0.3) is 16.8 Å². The summed E-state index contributed by atoms with van der Waals surface area (Å²) >= 11 is 0. The molecule has 1 amide bonds. The van der Waals surface area contributed by atoms with Crippen LogP contribution in [0.5, 0.6) is 0 Å². The van der Waals surface area contributed by atoms with Crippen LogP contribution in [0, 0.1) is 6.92 Å². The largest absolute Gasteiger partial charge is 0.322 e. The summed E-state index contributed by atoms with van der Waals surface area (Å²) in [6.07, 6.45) is 4.38. The van der Waals surface area contributed by atoms with Crippen LogP contribution in [0.15, 0.2) is 67.0 Å². The van der Waals surface area contributed by atoms with Gasteiger partial charge in [-0.3, -0.25) is 9.78 Å². The minimum Gasteiger partial charge on any atom is -0.322 e. The number of rotatable bonds is 4. The van der Waals surface area contributed by atoms with Gasteiger partial charge in [0, 0.05) is 29.3 Å². The first kappa shape index (κ1) is 17.0. The van der Waals surface area contributed by atoms with Crippen molar-refractivity contribution in [3.05, 3.63) is 83.8 Å². The molecular formula is C22H20N4O. The maximum atomic E-state index is 12.7. The normalized spacial score (nSPS) is 10.9. The molecule has 0 spiro atoms. The van der Waals surface area contributed by atoms with E-state index < -0.39 is 0 Å². The van der Waals surface area contributed by atoms with Gasteiger partial charge in [-0.05, 0) is 43.2 Å². The molecule has 3 heterocycles. The number of hydrogen-bond donors (Lipinski definition) is 1. The summed E-state index contributed by atoms with van der Waals surface area (Å²) in [5, 5.41) is 7.61. The first-order valence-corrected chi connectivity index (χ1v) is 8.96. The first-order valence-electron chi connectivity index (χ1n) is 8.96. The van der Waals surface area contributed by atoms with Crippen LogP contribution in [0.1, 0.15) is 28.5 Å². The molecule has 0 aliphatic carbocycles. The molecule has 27 heavy (non-hydrogen) atoms. The number of anilines is 1. The standard InChI is InChI=1S/C22H20N4O/c1-3-16-13-23-15(2)11-20(16)24-22(27)18-9-10-19-12-21(25-26(19)14-18)17-7-5-4-6-8-17/h4-14H,3H2,1-2H3,(H,23,24,27). The number of hydrogen-bond acceptors (Lipinski definition) is 3. The van der Waals surface area contributed by atoms with Gasteiger partial charge in [0.15, 0.2) is 0 Å². The van der Waals surface area contributed by atoms with E-state index in [-0.39, 0.29) is 5.91 Å². The number of aromatic nitrogens is 3. The second-order valence-electron chi connectivity index (χ2n) is 6.47. The highest BCUT2D eigenvalue weighted by molar-refractivity contribution is 6.04. The van der Waals surface area contributed by atoms with E-state index >= 15 is 0 Å². The second kappa shape index (κ2) is 7.03. The van der Waals surface area contributed by atoms with Gasteiger partial charge in [-0.2, -0.15) is 5.10 Å². The summed E-state index contributed by atoms with van der Waals surface area (Å²) in [7, 11) is 0. The van der Waals surface area contributed by atoms with Crippen LogP contribution in [-0.2, 0) is 6.42 Å². The fourth-order valence-corrected chi connectivity index (χ4v) is 3.05. The molecule has 5 nitrogen and oxygen atoms in total. The van der Waals surface area contributed by atoms with E-state index in [1.165, 1.54) is 0 Å². The summed E-state index contributed by atoms with van der Waals surface area (Å²) in [4.78, 5) is 17.0. The quantitative estimate of drug-likeness (QED) is 0.585. The SMILES string of the molecule is CCc1cnc(C)cc1NC(=O)c1ccc2cc(-c3ccccc3)nn2c1. The van der Waals surface area contributed by atoms with Crippen molar-refractivity contribution in [1.29, 1.82) is 0 Å². The van der Waals surface area contributed by atoms with Gasteiger partial charge in [0.25, 0.3) is 5.91 Å². The van der Waals surface area contributed by atoms with Crippen molar-refractivity contribution in [1.82, 2.24) is 14.6 Å². The third-order valence-corrected chi connectivity index (χ3v) is 4.54. The fourth-order valence-electron chi connectivity index (χ4n) is 3.05. The number of pyridine rings is 2. The van der Waals surface area contributed by atoms with Gasteiger partial charge in [-0.1, -0.05) is 37.3 Å². The number of benzene rings is 1. The van der Waals surface area contributed by atoms with Gasteiger partial charge in [0.1, 0.15) is 0 Å². The van der Waals surface area contributed by atoms with Crippen LogP contribution in [0.4, 0.5) is 5.69 Å². The summed E-state index contributed by atoms with van der Waals surface area (Å²) in [5.41, 5.74) is 6.12. The second-order valence-corrected chi connectivity index (χ2v) is 6.47. The lowest BCUT2D eigenvalue weighted by Gasteiger charge is -2.10. The summed E-state index contributed by atoms with van der Waals surface area (Å²) in [5.74, 6) is -0.158. The Labute approximate surface area is 157 Å². The number of carbonyl (C=O) groups is 1. The van der Waals surface area contributed by atoms with Crippen LogP contribution in [-0.4, -0.2) is 20.5 Å². The molecule has 1 aromatic carbocycles. The fraction of sp³-hybridized carbons (Fsp3) is 0.136. The molecule has 0 aliphatic rings. The zero-order valence-electron chi connectivity index (χ0n) is 15.3. The predicted molar refractivity (Wildman–Crippen MR) is 107 cm³/mol. The molecule has 5 heteroatoms. The highest BCUT2D eigenvalue weighted by Gasteiger charge is 2.12. The van der Waals surface area contributed by atoms with Gasteiger partial charge < -0.3 is 5.32 Å². The molecule has 0 atom stereocenters. The van der Waals surface area contributed by atoms with Crippen molar-refractivity contribution in [2.45, 2.75) is 20.3 Å². The van der Waals surface area contributed by atoms with Crippen LogP contribution in [0.3, 0.4) is 0 Å². The van der Waals surface area contributed by atoms with E-state index in [1.807, 2.05) is 74.6 Å². The van der Waals surface area contributed by atoms with Crippen molar-refractivity contribution < 1.29 is 4.79 Å². The zero-order valence-corrected chi connectivity index (χ0v) is 15.3. The number of amides is 1. The van der Waals surface area contributed by atoms with E-state index in [9.17, 15) is 4.79 Å². The number of aryl methyl sites for hydroxylation is 2. The van der Waals surface area contributed by atoms with Gasteiger partial charge in [0.05, 0.1) is 16.8 Å². The Morgan fingerprint density at radius 2 is 1.93 bits per heavy atom. The Hall–Kier alpha value is -3.47. The lowest BCUT2D eigenvalue weighted by atomic mass is 10.1. The smallest absolute Gasteiger partial charge is 0.257 e. The summed E-state index contributed by atoms with van der Waals surface area (Å²) in [6.45, 7) is 3.96. The minimum atomic E-state index is -0.158. The lowest BCUT2D eigenvalue weighted by molar-refractivity contribution is 0.102. The van der Waals surface area contributed by atoms with Crippen molar-refractivity contribution >= 4 is 17.1 Å². The molecule has 0 fully saturated rings. The molecule has 3 aromatic heterocycles. The van der Waals surface area contributed by atoms with E-state index in [4.69, 9.17) is 0 Å². The molecule has 0 unspecified atom stereocenters. The topological polar surface area (TPSA) is 59.3 Å². The van der Waals surface area contributed by atoms with Gasteiger partial charge in [-0.15, -0.1) is 0 Å². The average Bonchev–Trinajstić information content (AvgIpc) is 3.12. The summed E-state index contributed by atoms with van der Waals surface area (Å²) in [6, 6.07) is 17.6. The third kappa shape index (κ3) is 3.44. The monoisotopic (exact) mass is 356 g/mol. The van der Waals surface area contributed by atoms with Gasteiger partial charge >= 0.3 is 0 Å². The first-order chi connectivity index (χ1) is 13.1. The number of carbonyl (C=O) groups excluding carboxylic acids is 1. The molecule has 4 aromatic rings. The zero-order chi connectivity index (χ0) is 18.8. The highest BCUT2D eigenvalue weighted by Crippen LogP contribution is 2.21. The lowest BCUT2D eigenvalue weighted by Crippen LogP contribution is -2.14. The van der Waals surface area contributed by atoms with Crippen LogP contribution < -0.4 is 5.32 Å².